The highest BCUT2D eigenvalue weighted by Crippen LogP contribution is 2.19. The molecule has 0 spiro atoms. The van der Waals surface area contributed by atoms with Crippen LogP contribution < -0.4 is 5.73 Å². The van der Waals surface area contributed by atoms with Gasteiger partial charge in [0.2, 0.25) is 0 Å². The minimum absolute atomic E-state index is 0.176. The van der Waals surface area contributed by atoms with Crippen LogP contribution in [0, 0.1) is 12.7 Å². The molecule has 0 aliphatic rings. The molecule has 2 aromatic rings. The average Bonchev–Trinajstić information content (AvgIpc) is 2.37. The van der Waals surface area contributed by atoms with E-state index in [9.17, 15) is 12.8 Å². The standard InChI is InChI=1S/C15H16FNO2S/c1-11-3-2-4-15(5-11)20(18,19)10-13-6-12(9-17)7-14(16)8-13/h2-8H,9-10,17H2,1H3. The van der Waals surface area contributed by atoms with Crippen LogP contribution >= 0.6 is 0 Å². The average molecular weight is 293 g/mol. The number of sulfone groups is 1. The molecule has 0 saturated carbocycles. The van der Waals surface area contributed by atoms with Crippen LogP contribution in [0.15, 0.2) is 47.4 Å². The largest absolute Gasteiger partial charge is 0.326 e. The van der Waals surface area contributed by atoms with Crippen molar-refractivity contribution in [3.8, 4) is 0 Å². The lowest BCUT2D eigenvalue weighted by molar-refractivity contribution is 0.594. The normalized spacial score (nSPS) is 11.6. The molecule has 0 heterocycles. The molecule has 20 heavy (non-hydrogen) atoms. The molecule has 0 bridgehead atoms. The van der Waals surface area contributed by atoms with Gasteiger partial charge in [-0.15, -0.1) is 0 Å². The van der Waals surface area contributed by atoms with Gasteiger partial charge in [-0.25, -0.2) is 12.8 Å². The third-order valence-electron chi connectivity index (χ3n) is 2.96. The molecule has 0 radical (unpaired) electrons. The highest BCUT2D eigenvalue weighted by molar-refractivity contribution is 7.90. The van der Waals surface area contributed by atoms with Crippen molar-refractivity contribution < 1.29 is 12.8 Å². The van der Waals surface area contributed by atoms with Crippen LogP contribution in [0.4, 0.5) is 4.39 Å². The van der Waals surface area contributed by atoms with E-state index in [1.165, 1.54) is 12.1 Å². The van der Waals surface area contributed by atoms with E-state index in [0.717, 1.165) is 5.56 Å². The van der Waals surface area contributed by atoms with E-state index in [1.54, 1.807) is 24.3 Å². The van der Waals surface area contributed by atoms with Gasteiger partial charge >= 0.3 is 0 Å². The fraction of sp³-hybridized carbons (Fsp3) is 0.200. The van der Waals surface area contributed by atoms with Gasteiger partial charge in [0.15, 0.2) is 9.84 Å². The number of hydrogen-bond acceptors (Lipinski definition) is 3. The second-order valence-electron chi connectivity index (χ2n) is 4.75. The van der Waals surface area contributed by atoms with Crippen LogP contribution in [0.1, 0.15) is 16.7 Å². The lowest BCUT2D eigenvalue weighted by Gasteiger charge is -2.07. The van der Waals surface area contributed by atoms with Crippen molar-refractivity contribution in [2.75, 3.05) is 0 Å². The molecule has 0 atom stereocenters. The van der Waals surface area contributed by atoms with E-state index in [4.69, 9.17) is 5.73 Å². The fourth-order valence-corrected chi connectivity index (χ4v) is 3.45. The van der Waals surface area contributed by atoms with Gasteiger partial charge in [-0.2, -0.15) is 0 Å². The Hall–Kier alpha value is -1.72. The van der Waals surface area contributed by atoms with Crippen LogP contribution in [0.5, 0.6) is 0 Å². The Kier molecular flexibility index (Phi) is 4.20. The van der Waals surface area contributed by atoms with Gasteiger partial charge in [-0.3, -0.25) is 0 Å². The molecular weight excluding hydrogens is 277 g/mol. The van der Waals surface area contributed by atoms with E-state index in [0.29, 0.717) is 11.1 Å². The van der Waals surface area contributed by atoms with E-state index in [2.05, 4.69) is 0 Å². The zero-order valence-electron chi connectivity index (χ0n) is 11.1. The van der Waals surface area contributed by atoms with Gasteiger partial charge in [0.1, 0.15) is 5.82 Å². The van der Waals surface area contributed by atoms with E-state index < -0.39 is 15.7 Å². The van der Waals surface area contributed by atoms with Crippen molar-refractivity contribution in [1.29, 1.82) is 0 Å². The van der Waals surface area contributed by atoms with Crippen molar-refractivity contribution in [2.24, 2.45) is 5.73 Å². The maximum Gasteiger partial charge on any atom is 0.182 e. The van der Waals surface area contributed by atoms with E-state index >= 15 is 0 Å². The summed E-state index contributed by atoms with van der Waals surface area (Å²) in [6.07, 6.45) is 0. The lowest BCUT2D eigenvalue weighted by Crippen LogP contribution is -2.07. The third-order valence-corrected chi connectivity index (χ3v) is 4.64. The van der Waals surface area contributed by atoms with Gasteiger partial charge in [-0.05, 0) is 47.9 Å². The van der Waals surface area contributed by atoms with Crippen LogP contribution in [-0.2, 0) is 22.1 Å². The number of benzene rings is 2. The SMILES string of the molecule is Cc1cccc(S(=O)(=O)Cc2cc(F)cc(CN)c2)c1. The van der Waals surface area contributed by atoms with Crippen molar-refractivity contribution in [3.63, 3.8) is 0 Å². The van der Waals surface area contributed by atoms with Crippen molar-refractivity contribution >= 4 is 9.84 Å². The first kappa shape index (κ1) is 14.7. The first-order chi connectivity index (χ1) is 9.40. The molecule has 0 unspecified atom stereocenters. The summed E-state index contributed by atoms with van der Waals surface area (Å²) in [5.41, 5.74) is 7.33. The summed E-state index contributed by atoms with van der Waals surface area (Å²) >= 11 is 0. The first-order valence-electron chi connectivity index (χ1n) is 6.18. The zero-order chi connectivity index (χ0) is 14.8. The lowest BCUT2D eigenvalue weighted by atomic mass is 10.1. The molecule has 2 N–H and O–H groups in total. The molecule has 0 amide bonds. The van der Waals surface area contributed by atoms with Crippen molar-refractivity contribution in [3.05, 3.63) is 65.0 Å². The summed E-state index contributed by atoms with van der Waals surface area (Å²) in [6.45, 7) is 2.00. The van der Waals surface area contributed by atoms with E-state index in [-0.39, 0.29) is 17.2 Å². The first-order valence-corrected chi connectivity index (χ1v) is 7.84. The van der Waals surface area contributed by atoms with Gasteiger partial charge in [-0.1, -0.05) is 18.2 Å². The molecule has 2 aromatic carbocycles. The van der Waals surface area contributed by atoms with Gasteiger partial charge < -0.3 is 5.73 Å². The molecule has 106 valence electrons. The number of halogens is 1. The molecule has 0 aliphatic heterocycles. The summed E-state index contributed by atoms with van der Waals surface area (Å²) in [4.78, 5) is 0.246. The maximum absolute atomic E-state index is 13.4. The molecule has 5 heteroatoms. The minimum atomic E-state index is -3.49. The van der Waals surface area contributed by atoms with Crippen LogP contribution in [0.25, 0.3) is 0 Å². The molecule has 2 rings (SSSR count). The quantitative estimate of drug-likeness (QED) is 0.942. The summed E-state index contributed by atoms with van der Waals surface area (Å²) in [5, 5.41) is 0. The Bertz CT molecular complexity index is 726. The zero-order valence-corrected chi connectivity index (χ0v) is 12.0. The van der Waals surface area contributed by atoms with Crippen LogP contribution in [0.3, 0.4) is 0 Å². The van der Waals surface area contributed by atoms with Crippen LogP contribution in [0.2, 0.25) is 0 Å². The second-order valence-corrected chi connectivity index (χ2v) is 6.74. The Balaban J connectivity index is 2.35. The minimum Gasteiger partial charge on any atom is -0.326 e. The number of nitrogens with two attached hydrogens (primary N) is 1. The molecule has 0 fully saturated rings. The topological polar surface area (TPSA) is 60.2 Å². The van der Waals surface area contributed by atoms with Crippen molar-refractivity contribution in [1.82, 2.24) is 0 Å². The Morgan fingerprint density at radius 2 is 1.80 bits per heavy atom. The summed E-state index contributed by atoms with van der Waals surface area (Å²) in [6, 6.07) is 10.8. The number of hydrogen-bond donors (Lipinski definition) is 1. The molecular formula is C15H16FNO2S. The van der Waals surface area contributed by atoms with Gasteiger partial charge in [0.25, 0.3) is 0 Å². The van der Waals surface area contributed by atoms with Crippen molar-refractivity contribution in [2.45, 2.75) is 24.1 Å². The molecule has 3 nitrogen and oxygen atoms in total. The predicted molar refractivity (Wildman–Crippen MR) is 76.4 cm³/mol. The predicted octanol–water partition coefficient (Wildman–Crippen LogP) is 2.57. The Morgan fingerprint density at radius 1 is 1.10 bits per heavy atom. The summed E-state index contributed by atoms with van der Waals surface area (Å²) in [5.74, 6) is -0.705. The molecule has 0 saturated heterocycles. The van der Waals surface area contributed by atoms with Gasteiger partial charge in [0.05, 0.1) is 10.6 Å². The highest BCUT2D eigenvalue weighted by atomic mass is 32.2. The summed E-state index contributed by atoms with van der Waals surface area (Å²) in [7, 11) is -3.49. The fourth-order valence-electron chi connectivity index (χ4n) is 2.03. The van der Waals surface area contributed by atoms with Gasteiger partial charge in [0, 0.05) is 6.54 Å². The van der Waals surface area contributed by atoms with E-state index in [1.807, 2.05) is 13.0 Å². The smallest absolute Gasteiger partial charge is 0.182 e. The molecule has 0 aromatic heterocycles. The maximum atomic E-state index is 13.4. The Morgan fingerprint density at radius 3 is 2.45 bits per heavy atom. The number of aryl methyl sites for hydroxylation is 1. The Labute approximate surface area is 118 Å². The summed E-state index contributed by atoms with van der Waals surface area (Å²) < 4.78 is 38.0. The second kappa shape index (κ2) is 5.73. The van der Waals surface area contributed by atoms with Crippen LogP contribution in [-0.4, -0.2) is 8.42 Å². The third kappa shape index (κ3) is 3.43. The monoisotopic (exact) mass is 293 g/mol. The highest BCUT2D eigenvalue weighted by Gasteiger charge is 2.16. The number of rotatable bonds is 4. The molecule has 0 aliphatic carbocycles.